The smallest absolute Gasteiger partial charge is 0.309 e. The van der Waals surface area contributed by atoms with Gasteiger partial charge in [-0.1, -0.05) is 24.3 Å². The van der Waals surface area contributed by atoms with E-state index in [9.17, 15) is 4.79 Å². The first-order valence-corrected chi connectivity index (χ1v) is 9.78. The van der Waals surface area contributed by atoms with Gasteiger partial charge in [-0.3, -0.25) is 9.79 Å². The molecular weight excluding hydrogens is 326 g/mol. The van der Waals surface area contributed by atoms with Crippen molar-refractivity contribution in [2.45, 2.75) is 44.9 Å². The number of carbonyl (C=O) groups excluding carboxylic acids is 1. The molecule has 142 valence electrons. The fourth-order valence-electron chi connectivity index (χ4n) is 4.03. The lowest BCUT2D eigenvalue weighted by molar-refractivity contribution is -0.149. The predicted octanol–water partition coefficient (Wildman–Crippen LogP) is 2.88. The first-order chi connectivity index (χ1) is 12.6. The van der Waals surface area contributed by atoms with Gasteiger partial charge in [0.2, 0.25) is 0 Å². The summed E-state index contributed by atoms with van der Waals surface area (Å²) in [4.78, 5) is 18.7. The highest BCUT2D eigenvalue weighted by atomic mass is 16.5. The van der Waals surface area contributed by atoms with Gasteiger partial charge in [0.25, 0.3) is 0 Å². The molecule has 2 aliphatic rings. The summed E-state index contributed by atoms with van der Waals surface area (Å²) in [6, 6.07) is 8.70. The van der Waals surface area contributed by atoms with Gasteiger partial charge in [0, 0.05) is 32.1 Å². The van der Waals surface area contributed by atoms with E-state index >= 15 is 0 Å². The number of aliphatic imine (C=N–C) groups is 1. The molecule has 1 aliphatic heterocycles. The minimum atomic E-state index is -0.0495. The second-order valence-corrected chi connectivity index (χ2v) is 7.51. The molecule has 0 unspecified atom stereocenters. The quantitative estimate of drug-likeness (QED) is 0.500. The number of likely N-dealkylation sites (tertiary alicyclic amines) is 1. The van der Waals surface area contributed by atoms with Crippen molar-refractivity contribution in [1.82, 2.24) is 10.2 Å². The van der Waals surface area contributed by atoms with E-state index in [0.29, 0.717) is 6.61 Å². The zero-order chi connectivity index (χ0) is 18.6. The molecule has 3 rings (SSSR count). The molecule has 1 aliphatic carbocycles. The van der Waals surface area contributed by atoms with Gasteiger partial charge in [0.05, 0.1) is 12.5 Å². The van der Waals surface area contributed by atoms with Gasteiger partial charge in [0.15, 0.2) is 5.96 Å². The van der Waals surface area contributed by atoms with Crippen LogP contribution in [0.4, 0.5) is 0 Å². The first kappa shape index (κ1) is 18.7. The van der Waals surface area contributed by atoms with Crippen molar-refractivity contribution in [1.29, 1.82) is 0 Å². The van der Waals surface area contributed by atoms with Gasteiger partial charge < -0.3 is 15.0 Å². The Balaban J connectivity index is 1.55. The average molecular weight is 357 g/mol. The molecule has 26 heavy (non-hydrogen) atoms. The fourth-order valence-corrected chi connectivity index (χ4v) is 4.03. The number of hydrogen-bond donors (Lipinski definition) is 1. The molecule has 0 amide bonds. The van der Waals surface area contributed by atoms with Crippen LogP contribution < -0.4 is 5.32 Å². The number of esters is 1. The predicted molar refractivity (Wildman–Crippen MR) is 104 cm³/mol. The Labute approximate surface area is 156 Å². The molecule has 5 heteroatoms. The number of benzene rings is 1. The number of carbonyl (C=O) groups is 1. The van der Waals surface area contributed by atoms with Crippen LogP contribution in [0.2, 0.25) is 0 Å². The van der Waals surface area contributed by atoms with Gasteiger partial charge in [-0.05, 0) is 50.7 Å². The third-order valence-electron chi connectivity index (χ3n) is 5.78. The van der Waals surface area contributed by atoms with Crippen molar-refractivity contribution in [3.8, 4) is 0 Å². The largest absolute Gasteiger partial charge is 0.466 e. The van der Waals surface area contributed by atoms with Gasteiger partial charge >= 0.3 is 5.97 Å². The van der Waals surface area contributed by atoms with Crippen LogP contribution in [0.5, 0.6) is 0 Å². The fraction of sp³-hybridized carbons (Fsp3) is 0.619. The maximum absolute atomic E-state index is 11.9. The highest BCUT2D eigenvalue weighted by Gasteiger charge is 2.45. The molecule has 0 atom stereocenters. The summed E-state index contributed by atoms with van der Waals surface area (Å²) in [6.45, 7) is 7.14. The van der Waals surface area contributed by atoms with Crippen molar-refractivity contribution < 1.29 is 9.53 Å². The SMILES string of the molecule is CCOC(=O)C1CCN(C(=NC)NCC2(c3ccccc3C)CC2)CC1. The van der Waals surface area contributed by atoms with E-state index in [0.717, 1.165) is 38.4 Å². The van der Waals surface area contributed by atoms with E-state index in [1.165, 1.54) is 24.0 Å². The van der Waals surface area contributed by atoms with Crippen LogP contribution >= 0.6 is 0 Å². The second-order valence-electron chi connectivity index (χ2n) is 7.51. The van der Waals surface area contributed by atoms with Crippen LogP contribution in [0.15, 0.2) is 29.3 Å². The third-order valence-corrected chi connectivity index (χ3v) is 5.78. The molecule has 5 nitrogen and oxygen atoms in total. The molecular formula is C21H31N3O2. The van der Waals surface area contributed by atoms with E-state index in [-0.39, 0.29) is 17.3 Å². The number of ether oxygens (including phenoxy) is 1. The van der Waals surface area contributed by atoms with Crippen molar-refractivity contribution >= 4 is 11.9 Å². The van der Waals surface area contributed by atoms with Crippen molar-refractivity contribution in [2.75, 3.05) is 33.3 Å². The minimum absolute atomic E-state index is 0.0334. The van der Waals surface area contributed by atoms with E-state index < -0.39 is 0 Å². The monoisotopic (exact) mass is 357 g/mol. The molecule has 1 aromatic rings. The standard InChI is InChI=1S/C21H31N3O2/c1-4-26-19(25)17-9-13-24(14-10-17)20(22-3)23-15-21(11-12-21)18-8-6-5-7-16(18)2/h5-8,17H,4,9-15H2,1-3H3,(H,22,23). The van der Waals surface area contributed by atoms with E-state index in [1.54, 1.807) is 0 Å². The summed E-state index contributed by atoms with van der Waals surface area (Å²) in [5, 5.41) is 3.60. The zero-order valence-corrected chi connectivity index (χ0v) is 16.3. The Morgan fingerprint density at radius 3 is 2.58 bits per heavy atom. The van der Waals surface area contributed by atoms with Crippen LogP contribution in [0.25, 0.3) is 0 Å². The first-order valence-electron chi connectivity index (χ1n) is 9.78. The topological polar surface area (TPSA) is 53.9 Å². The number of aryl methyl sites for hydroxylation is 1. The highest BCUT2D eigenvalue weighted by molar-refractivity contribution is 5.80. The average Bonchev–Trinajstić information content (AvgIpc) is 3.44. The number of hydrogen-bond acceptors (Lipinski definition) is 3. The Morgan fingerprint density at radius 1 is 1.31 bits per heavy atom. The van der Waals surface area contributed by atoms with Crippen LogP contribution in [-0.2, 0) is 14.9 Å². The van der Waals surface area contributed by atoms with Crippen LogP contribution in [-0.4, -0.2) is 50.1 Å². The van der Waals surface area contributed by atoms with Crippen molar-refractivity contribution in [3.63, 3.8) is 0 Å². The molecule has 0 radical (unpaired) electrons. The molecule has 1 saturated heterocycles. The van der Waals surface area contributed by atoms with Crippen molar-refractivity contribution in [2.24, 2.45) is 10.9 Å². The molecule has 1 saturated carbocycles. The molecule has 0 spiro atoms. The summed E-state index contributed by atoms with van der Waals surface area (Å²) in [5.41, 5.74) is 3.09. The van der Waals surface area contributed by atoms with Crippen LogP contribution in [0.3, 0.4) is 0 Å². The summed E-state index contributed by atoms with van der Waals surface area (Å²) in [6.07, 6.45) is 4.13. The molecule has 1 N–H and O–H groups in total. The minimum Gasteiger partial charge on any atom is -0.466 e. The van der Waals surface area contributed by atoms with Gasteiger partial charge in [-0.15, -0.1) is 0 Å². The van der Waals surface area contributed by atoms with Gasteiger partial charge in [0.1, 0.15) is 0 Å². The third kappa shape index (κ3) is 4.02. The lowest BCUT2D eigenvalue weighted by atomic mass is 9.92. The number of rotatable bonds is 5. The number of guanidine groups is 1. The van der Waals surface area contributed by atoms with Gasteiger partial charge in [-0.25, -0.2) is 0 Å². The van der Waals surface area contributed by atoms with E-state index in [1.807, 2.05) is 14.0 Å². The van der Waals surface area contributed by atoms with Crippen LogP contribution in [0.1, 0.15) is 43.7 Å². The molecule has 0 bridgehead atoms. The Hall–Kier alpha value is -2.04. The molecule has 2 fully saturated rings. The number of nitrogens with one attached hydrogen (secondary N) is 1. The maximum atomic E-state index is 11.9. The Morgan fingerprint density at radius 2 is 2.00 bits per heavy atom. The number of piperidine rings is 1. The normalized spacial score (nSPS) is 20.0. The lowest BCUT2D eigenvalue weighted by Gasteiger charge is -2.34. The molecule has 1 aromatic carbocycles. The van der Waals surface area contributed by atoms with E-state index in [4.69, 9.17) is 4.74 Å². The summed E-state index contributed by atoms with van der Waals surface area (Å²) >= 11 is 0. The van der Waals surface area contributed by atoms with Crippen molar-refractivity contribution in [3.05, 3.63) is 35.4 Å². The molecule has 0 aromatic heterocycles. The lowest BCUT2D eigenvalue weighted by Crippen LogP contribution is -2.48. The Bertz CT molecular complexity index is 659. The second kappa shape index (κ2) is 8.11. The van der Waals surface area contributed by atoms with Gasteiger partial charge in [-0.2, -0.15) is 0 Å². The zero-order valence-electron chi connectivity index (χ0n) is 16.3. The van der Waals surface area contributed by atoms with Crippen LogP contribution in [0, 0.1) is 12.8 Å². The number of nitrogens with zero attached hydrogens (tertiary/aromatic N) is 2. The summed E-state index contributed by atoms with van der Waals surface area (Å²) in [7, 11) is 1.84. The highest BCUT2D eigenvalue weighted by Crippen LogP contribution is 2.48. The molecule has 1 heterocycles. The summed E-state index contributed by atoms with van der Waals surface area (Å²) in [5.74, 6) is 0.935. The summed E-state index contributed by atoms with van der Waals surface area (Å²) < 4.78 is 5.16. The van der Waals surface area contributed by atoms with E-state index in [2.05, 4.69) is 46.4 Å². The Kier molecular flexibility index (Phi) is 5.84. The maximum Gasteiger partial charge on any atom is 0.309 e.